The first-order chi connectivity index (χ1) is 11.2. The second-order valence-corrected chi connectivity index (χ2v) is 5.84. The molecule has 2 aromatic rings. The number of aromatic nitrogens is 3. The van der Waals surface area contributed by atoms with Crippen molar-refractivity contribution in [3.63, 3.8) is 0 Å². The first-order valence-corrected chi connectivity index (χ1v) is 7.96. The van der Waals surface area contributed by atoms with E-state index in [0.717, 1.165) is 37.8 Å². The molecule has 0 radical (unpaired) electrons. The number of rotatable bonds is 4. The first-order valence-electron chi connectivity index (χ1n) is 7.96. The quantitative estimate of drug-likeness (QED) is 0.861. The van der Waals surface area contributed by atoms with Crippen LogP contribution in [0.5, 0.6) is 5.88 Å². The zero-order valence-corrected chi connectivity index (χ0v) is 13.9. The van der Waals surface area contributed by atoms with E-state index >= 15 is 0 Å². The summed E-state index contributed by atoms with van der Waals surface area (Å²) in [6.45, 7) is 7.99. The lowest BCUT2D eigenvalue weighted by atomic mass is 10.1. The molecule has 6 nitrogen and oxygen atoms in total. The Morgan fingerprint density at radius 1 is 1.17 bits per heavy atom. The smallest absolute Gasteiger partial charge is 0.228 e. The Labute approximate surface area is 137 Å². The molecule has 3 rings (SSSR count). The van der Waals surface area contributed by atoms with E-state index in [0.29, 0.717) is 11.9 Å². The highest BCUT2D eigenvalue weighted by Gasteiger charge is 2.23. The molecular weight excluding hydrogens is 290 g/mol. The van der Waals surface area contributed by atoms with Crippen molar-refractivity contribution in [2.75, 3.05) is 38.2 Å². The molecule has 0 amide bonds. The summed E-state index contributed by atoms with van der Waals surface area (Å²) >= 11 is 0. The predicted molar refractivity (Wildman–Crippen MR) is 89.8 cm³/mol. The zero-order valence-electron chi connectivity index (χ0n) is 13.9. The van der Waals surface area contributed by atoms with Crippen molar-refractivity contribution in [2.45, 2.75) is 19.9 Å². The van der Waals surface area contributed by atoms with E-state index in [4.69, 9.17) is 4.74 Å². The topological polar surface area (TPSA) is 54.4 Å². The summed E-state index contributed by atoms with van der Waals surface area (Å²) in [5, 5.41) is 0. The van der Waals surface area contributed by atoms with Crippen LogP contribution in [-0.4, -0.2) is 53.1 Å². The third-order valence-electron chi connectivity index (χ3n) is 4.34. The molecular formula is C17H23N5O. The molecule has 0 spiro atoms. The van der Waals surface area contributed by atoms with Gasteiger partial charge in [0.05, 0.1) is 7.11 Å². The Morgan fingerprint density at radius 3 is 2.61 bits per heavy atom. The number of ether oxygens (including phenoxy) is 1. The van der Waals surface area contributed by atoms with Crippen LogP contribution >= 0.6 is 0 Å². The van der Waals surface area contributed by atoms with Gasteiger partial charge in [0.1, 0.15) is 0 Å². The fourth-order valence-electron chi connectivity index (χ4n) is 2.91. The van der Waals surface area contributed by atoms with Crippen LogP contribution < -0.4 is 9.64 Å². The molecule has 1 unspecified atom stereocenters. The number of nitrogens with zero attached hydrogens (tertiary/aromatic N) is 5. The second-order valence-electron chi connectivity index (χ2n) is 5.84. The Morgan fingerprint density at radius 2 is 1.96 bits per heavy atom. The second kappa shape index (κ2) is 6.91. The van der Waals surface area contributed by atoms with E-state index in [9.17, 15) is 0 Å². The normalized spacial score (nSPS) is 17.1. The third kappa shape index (κ3) is 3.59. The van der Waals surface area contributed by atoms with Crippen molar-refractivity contribution in [1.29, 1.82) is 0 Å². The van der Waals surface area contributed by atoms with Gasteiger partial charge in [0.2, 0.25) is 11.8 Å². The molecule has 0 bridgehead atoms. The lowest BCUT2D eigenvalue weighted by Crippen LogP contribution is -2.47. The number of anilines is 1. The Balaban J connectivity index is 1.65. The minimum atomic E-state index is 0.374. The maximum absolute atomic E-state index is 5.25. The number of pyridine rings is 1. The van der Waals surface area contributed by atoms with Crippen molar-refractivity contribution in [3.05, 3.63) is 41.9 Å². The van der Waals surface area contributed by atoms with E-state index in [2.05, 4.69) is 37.7 Å². The first kappa shape index (κ1) is 15.7. The Bertz CT molecular complexity index is 641. The van der Waals surface area contributed by atoms with Gasteiger partial charge in [-0.3, -0.25) is 9.88 Å². The minimum absolute atomic E-state index is 0.374. The van der Waals surface area contributed by atoms with Crippen LogP contribution in [0.1, 0.15) is 24.2 Å². The fourth-order valence-corrected chi connectivity index (χ4v) is 2.91. The van der Waals surface area contributed by atoms with Crippen LogP contribution in [0.4, 0.5) is 5.95 Å². The molecule has 3 heterocycles. The van der Waals surface area contributed by atoms with E-state index in [1.54, 1.807) is 7.11 Å². The van der Waals surface area contributed by atoms with Crippen LogP contribution in [0.25, 0.3) is 0 Å². The third-order valence-corrected chi connectivity index (χ3v) is 4.34. The molecule has 23 heavy (non-hydrogen) atoms. The van der Waals surface area contributed by atoms with Gasteiger partial charge in [-0.25, -0.2) is 4.98 Å². The number of methoxy groups -OCH3 is 1. The summed E-state index contributed by atoms with van der Waals surface area (Å²) in [4.78, 5) is 17.9. The van der Waals surface area contributed by atoms with E-state index < -0.39 is 0 Å². The number of aryl methyl sites for hydroxylation is 1. The van der Waals surface area contributed by atoms with Crippen LogP contribution in [0.2, 0.25) is 0 Å². The van der Waals surface area contributed by atoms with Crippen LogP contribution in [-0.2, 0) is 0 Å². The number of hydrogen-bond acceptors (Lipinski definition) is 6. The maximum Gasteiger partial charge on any atom is 0.228 e. The van der Waals surface area contributed by atoms with Crippen LogP contribution in [0, 0.1) is 6.92 Å². The van der Waals surface area contributed by atoms with Gasteiger partial charge in [-0.2, -0.15) is 4.98 Å². The zero-order chi connectivity index (χ0) is 16.2. The minimum Gasteiger partial charge on any atom is -0.481 e. The Kier molecular flexibility index (Phi) is 4.71. The average Bonchev–Trinajstić information content (AvgIpc) is 2.61. The SMILES string of the molecule is COc1cc(C)nc(N2CCN(C(C)c3cccnc3)CC2)n1. The molecule has 0 saturated carbocycles. The van der Waals surface area contributed by atoms with Gasteiger partial charge in [0.25, 0.3) is 0 Å². The van der Waals surface area contributed by atoms with Crippen molar-refractivity contribution in [2.24, 2.45) is 0 Å². The van der Waals surface area contributed by atoms with E-state index in [-0.39, 0.29) is 0 Å². The molecule has 122 valence electrons. The summed E-state index contributed by atoms with van der Waals surface area (Å²) in [6.07, 6.45) is 3.77. The lowest BCUT2D eigenvalue weighted by Gasteiger charge is -2.38. The van der Waals surface area contributed by atoms with Gasteiger partial charge in [-0.15, -0.1) is 0 Å². The van der Waals surface area contributed by atoms with Gasteiger partial charge < -0.3 is 9.64 Å². The van der Waals surface area contributed by atoms with Crippen molar-refractivity contribution in [3.8, 4) is 5.88 Å². The van der Waals surface area contributed by atoms with Gasteiger partial charge in [0, 0.05) is 56.4 Å². The largest absolute Gasteiger partial charge is 0.481 e. The van der Waals surface area contributed by atoms with E-state index in [1.807, 2.05) is 31.5 Å². The molecule has 0 N–H and O–H groups in total. The molecule has 1 fully saturated rings. The predicted octanol–water partition coefficient (Wildman–Crippen LogP) is 2.07. The molecule has 1 aliphatic heterocycles. The van der Waals surface area contributed by atoms with Gasteiger partial charge in [-0.05, 0) is 25.5 Å². The molecule has 0 aromatic carbocycles. The standard InChI is InChI=1S/C17H23N5O/c1-13-11-16(23-3)20-17(19-13)22-9-7-21(8-10-22)14(2)15-5-4-6-18-12-15/h4-6,11-12,14H,7-10H2,1-3H3. The van der Waals surface area contributed by atoms with Crippen LogP contribution in [0.3, 0.4) is 0 Å². The molecule has 0 aliphatic carbocycles. The lowest BCUT2D eigenvalue weighted by molar-refractivity contribution is 0.197. The highest BCUT2D eigenvalue weighted by molar-refractivity contribution is 5.35. The summed E-state index contributed by atoms with van der Waals surface area (Å²) in [6, 6.07) is 6.36. The molecule has 2 aromatic heterocycles. The van der Waals surface area contributed by atoms with Gasteiger partial charge in [-0.1, -0.05) is 6.07 Å². The highest BCUT2D eigenvalue weighted by atomic mass is 16.5. The van der Waals surface area contributed by atoms with Crippen molar-refractivity contribution >= 4 is 5.95 Å². The molecule has 1 aliphatic rings. The number of hydrogen-bond donors (Lipinski definition) is 0. The maximum atomic E-state index is 5.25. The molecule has 6 heteroatoms. The van der Waals surface area contributed by atoms with Crippen molar-refractivity contribution < 1.29 is 4.74 Å². The molecule has 1 atom stereocenters. The Hall–Kier alpha value is -2.21. The molecule has 1 saturated heterocycles. The summed E-state index contributed by atoms with van der Waals surface area (Å²) < 4.78 is 5.25. The summed E-state index contributed by atoms with van der Waals surface area (Å²) in [5.74, 6) is 1.38. The number of piperazine rings is 1. The van der Waals surface area contributed by atoms with Crippen molar-refractivity contribution in [1.82, 2.24) is 19.9 Å². The summed E-state index contributed by atoms with van der Waals surface area (Å²) in [5.41, 5.74) is 2.19. The average molecular weight is 313 g/mol. The fraction of sp³-hybridized carbons (Fsp3) is 0.471. The summed E-state index contributed by atoms with van der Waals surface area (Å²) in [7, 11) is 1.64. The monoisotopic (exact) mass is 313 g/mol. The highest BCUT2D eigenvalue weighted by Crippen LogP contribution is 2.22. The van der Waals surface area contributed by atoms with E-state index in [1.165, 1.54) is 5.56 Å². The van der Waals surface area contributed by atoms with Gasteiger partial charge in [0.15, 0.2) is 0 Å². The van der Waals surface area contributed by atoms with Crippen LogP contribution in [0.15, 0.2) is 30.6 Å². The van der Waals surface area contributed by atoms with Gasteiger partial charge >= 0.3 is 0 Å².